The Bertz CT molecular complexity index is 586. The molecule has 1 atom stereocenters. The van der Waals surface area contributed by atoms with Gasteiger partial charge >= 0.3 is 5.69 Å². The quantitative estimate of drug-likeness (QED) is 0.815. The first kappa shape index (κ1) is 13.7. The topological polar surface area (TPSA) is 75.1 Å². The molecule has 2 aromatic rings. The van der Waals surface area contributed by atoms with Crippen LogP contribution < -0.4 is 11.0 Å². The lowest BCUT2D eigenvalue weighted by atomic mass is 9.99. The van der Waals surface area contributed by atoms with E-state index < -0.39 is 0 Å². The first-order chi connectivity index (χ1) is 9.11. The third-order valence-electron chi connectivity index (χ3n) is 3.26. The summed E-state index contributed by atoms with van der Waals surface area (Å²) in [6.45, 7) is 7.56. The van der Waals surface area contributed by atoms with Crippen LogP contribution in [0.2, 0.25) is 0 Å². The first-order valence-corrected chi connectivity index (χ1v) is 6.77. The van der Waals surface area contributed by atoms with Crippen LogP contribution in [-0.4, -0.2) is 32.2 Å². The third-order valence-corrected chi connectivity index (χ3v) is 3.26. The summed E-state index contributed by atoms with van der Waals surface area (Å²) in [4.78, 5) is 15.7. The second kappa shape index (κ2) is 5.97. The van der Waals surface area contributed by atoms with E-state index in [9.17, 15) is 4.79 Å². The number of hydrogen-bond donors (Lipinski definition) is 2. The van der Waals surface area contributed by atoms with Crippen LogP contribution in [0, 0.1) is 5.92 Å². The zero-order valence-electron chi connectivity index (χ0n) is 11.7. The SMILES string of the molecule is CCCNC(Cc1cc2n[nH]c(=O)n2cn1)C(C)C. The molecule has 0 saturated heterocycles. The fraction of sp³-hybridized carbons (Fsp3) is 0.615. The van der Waals surface area contributed by atoms with E-state index in [1.807, 2.05) is 6.07 Å². The van der Waals surface area contributed by atoms with Crippen molar-refractivity contribution >= 4 is 5.65 Å². The summed E-state index contributed by atoms with van der Waals surface area (Å²) in [5, 5.41) is 9.91. The average molecular weight is 263 g/mol. The summed E-state index contributed by atoms with van der Waals surface area (Å²) < 4.78 is 1.41. The molecule has 6 nitrogen and oxygen atoms in total. The van der Waals surface area contributed by atoms with Crippen molar-refractivity contribution in [2.45, 2.75) is 39.7 Å². The zero-order chi connectivity index (χ0) is 13.8. The Labute approximate surface area is 112 Å². The largest absolute Gasteiger partial charge is 0.348 e. The third kappa shape index (κ3) is 3.20. The summed E-state index contributed by atoms with van der Waals surface area (Å²) in [7, 11) is 0. The lowest BCUT2D eigenvalue weighted by Gasteiger charge is -2.21. The summed E-state index contributed by atoms with van der Waals surface area (Å²) in [6, 6.07) is 2.25. The molecule has 104 valence electrons. The van der Waals surface area contributed by atoms with Crippen molar-refractivity contribution in [2.75, 3.05) is 6.54 Å². The van der Waals surface area contributed by atoms with Gasteiger partial charge in [-0.05, 0) is 18.9 Å². The van der Waals surface area contributed by atoms with Crippen molar-refractivity contribution in [3.63, 3.8) is 0 Å². The highest BCUT2D eigenvalue weighted by Crippen LogP contribution is 2.09. The lowest BCUT2D eigenvalue weighted by molar-refractivity contribution is 0.394. The van der Waals surface area contributed by atoms with Gasteiger partial charge in [-0.3, -0.25) is 0 Å². The first-order valence-electron chi connectivity index (χ1n) is 6.77. The number of nitrogens with zero attached hydrogens (tertiary/aromatic N) is 3. The zero-order valence-corrected chi connectivity index (χ0v) is 11.7. The number of aromatic amines is 1. The number of fused-ring (bicyclic) bond motifs is 1. The van der Waals surface area contributed by atoms with Crippen molar-refractivity contribution < 1.29 is 0 Å². The molecule has 19 heavy (non-hydrogen) atoms. The van der Waals surface area contributed by atoms with Crippen LogP contribution in [0.15, 0.2) is 17.2 Å². The molecule has 0 saturated carbocycles. The Kier molecular flexibility index (Phi) is 4.31. The van der Waals surface area contributed by atoms with Crippen LogP contribution in [0.1, 0.15) is 32.9 Å². The van der Waals surface area contributed by atoms with Gasteiger partial charge < -0.3 is 5.32 Å². The van der Waals surface area contributed by atoms with Gasteiger partial charge in [-0.1, -0.05) is 20.8 Å². The second-order valence-electron chi connectivity index (χ2n) is 5.15. The fourth-order valence-electron chi connectivity index (χ4n) is 2.06. The molecule has 2 rings (SSSR count). The van der Waals surface area contributed by atoms with Gasteiger partial charge in [0, 0.05) is 24.2 Å². The molecule has 2 N–H and O–H groups in total. The molecular weight excluding hydrogens is 242 g/mol. The van der Waals surface area contributed by atoms with Gasteiger partial charge in [0.15, 0.2) is 5.65 Å². The van der Waals surface area contributed by atoms with Gasteiger partial charge in [-0.25, -0.2) is 19.3 Å². The minimum atomic E-state index is -0.251. The van der Waals surface area contributed by atoms with E-state index in [0.29, 0.717) is 17.6 Å². The molecule has 0 aliphatic heterocycles. The van der Waals surface area contributed by atoms with Crippen molar-refractivity contribution in [1.29, 1.82) is 0 Å². The van der Waals surface area contributed by atoms with Crippen LogP contribution in [0.5, 0.6) is 0 Å². The van der Waals surface area contributed by atoms with Gasteiger partial charge in [0.25, 0.3) is 0 Å². The summed E-state index contributed by atoms with van der Waals surface area (Å²) >= 11 is 0. The van der Waals surface area contributed by atoms with E-state index in [1.54, 1.807) is 0 Å². The maximum atomic E-state index is 11.4. The number of nitrogens with one attached hydrogen (secondary N) is 2. The van der Waals surface area contributed by atoms with Crippen molar-refractivity contribution in [1.82, 2.24) is 24.9 Å². The molecule has 6 heteroatoms. The maximum absolute atomic E-state index is 11.4. The average Bonchev–Trinajstić information content (AvgIpc) is 2.75. The predicted molar refractivity (Wildman–Crippen MR) is 74.2 cm³/mol. The van der Waals surface area contributed by atoms with Crippen molar-refractivity contribution in [3.05, 3.63) is 28.6 Å². The molecule has 2 heterocycles. The van der Waals surface area contributed by atoms with Gasteiger partial charge in [-0.2, -0.15) is 5.10 Å². The minimum absolute atomic E-state index is 0.251. The van der Waals surface area contributed by atoms with Crippen molar-refractivity contribution in [2.24, 2.45) is 5.92 Å². The molecule has 0 bridgehead atoms. The molecule has 0 aliphatic rings. The van der Waals surface area contributed by atoms with Crippen LogP contribution in [-0.2, 0) is 6.42 Å². The molecule has 0 aliphatic carbocycles. The Balaban J connectivity index is 2.16. The summed E-state index contributed by atoms with van der Waals surface area (Å²) in [5.74, 6) is 0.533. The molecule has 0 amide bonds. The van der Waals surface area contributed by atoms with E-state index >= 15 is 0 Å². The molecular formula is C13H21N5O. The molecule has 0 aromatic carbocycles. The number of aromatic nitrogens is 4. The van der Waals surface area contributed by atoms with Crippen LogP contribution >= 0.6 is 0 Å². The number of rotatable bonds is 6. The standard InChI is InChI=1S/C13H21N5O/c1-4-5-14-11(9(2)3)6-10-7-12-16-17-13(19)18(12)8-15-10/h7-9,11,14H,4-6H2,1-3H3,(H,17,19). The van der Waals surface area contributed by atoms with E-state index in [0.717, 1.165) is 25.1 Å². The predicted octanol–water partition coefficient (Wildman–Crippen LogP) is 0.984. The Morgan fingerprint density at radius 3 is 2.95 bits per heavy atom. The molecule has 0 spiro atoms. The lowest BCUT2D eigenvalue weighted by Crippen LogP contribution is -2.36. The Morgan fingerprint density at radius 1 is 1.47 bits per heavy atom. The molecule has 0 radical (unpaired) electrons. The summed E-state index contributed by atoms with van der Waals surface area (Å²) in [6.07, 6.45) is 3.49. The Hall–Kier alpha value is -1.69. The summed E-state index contributed by atoms with van der Waals surface area (Å²) in [5.41, 5.74) is 1.32. The highest BCUT2D eigenvalue weighted by molar-refractivity contribution is 5.36. The fourth-order valence-corrected chi connectivity index (χ4v) is 2.06. The number of hydrogen-bond acceptors (Lipinski definition) is 4. The van der Waals surface area contributed by atoms with E-state index in [1.165, 1.54) is 10.7 Å². The van der Waals surface area contributed by atoms with Gasteiger partial charge in [0.1, 0.15) is 6.33 Å². The van der Waals surface area contributed by atoms with Crippen LogP contribution in [0.3, 0.4) is 0 Å². The molecule has 1 unspecified atom stereocenters. The normalized spacial score (nSPS) is 13.3. The van der Waals surface area contributed by atoms with E-state index in [-0.39, 0.29) is 5.69 Å². The smallest absolute Gasteiger partial charge is 0.313 e. The Morgan fingerprint density at radius 2 is 2.26 bits per heavy atom. The highest BCUT2D eigenvalue weighted by atomic mass is 16.1. The second-order valence-corrected chi connectivity index (χ2v) is 5.15. The van der Waals surface area contributed by atoms with E-state index in [2.05, 4.69) is 41.3 Å². The van der Waals surface area contributed by atoms with Gasteiger partial charge in [0.2, 0.25) is 0 Å². The van der Waals surface area contributed by atoms with Crippen LogP contribution in [0.4, 0.5) is 0 Å². The van der Waals surface area contributed by atoms with Crippen LogP contribution in [0.25, 0.3) is 5.65 Å². The van der Waals surface area contributed by atoms with Gasteiger partial charge in [0.05, 0.1) is 0 Å². The van der Waals surface area contributed by atoms with E-state index in [4.69, 9.17) is 0 Å². The van der Waals surface area contributed by atoms with Gasteiger partial charge in [-0.15, -0.1) is 0 Å². The molecule has 2 aromatic heterocycles. The minimum Gasteiger partial charge on any atom is -0.313 e. The van der Waals surface area contributed by atoms with Crippen molar-refractivity contribution in [3.8, 4) is 0 Å². The maximum Gasteiger partial charge on any atom is 0.348 e. The highest BCUT2D eigenvalue weighted by Gasteiger charge is 2.14. The number of H-pyrrole nitrogens is 1. The molecule has 0 fully saturated rings. The monoisotopic (exact) mass is 263 g/mol.